The van der Waals surface area contributed by atoms with E-state index in [1.54, 1.807) is 36.4 Å². The van der Waals surface area contributed by atoms with E-state index in [1.165, 1.54) is 0 Å². The average Bonchev–Trinajstić information content (AvgIpc) is 3.71. The normalized spacial score (nSPS) is 39.8. The number of aliphatic hydroxyl groups excluding tert-OH is 6. The van der Waals surface area contributed by atoms with Gasteiger partial charge in [0.25, 0.3) is 0 Å². The van der Waals surface area contributed by atoms with E-state index in [2.05, 4.69) is 0 Å². The third-order valence-electron chi connectivity index (χ3n) is 9.93. The van der Waals surface area contributed by atoms with Crippen molar-refractivity contribution in [2.75, 3.05) is 39.4 Å². The standard InChI is InChI=1S/C32H44N2O10S/c35-15-23-27(39)25(33-9-7-19(13-33)17-3-1-5-21(37)11-17)29(41)31(43-23)45-32-30(42)26(28(40)24(16-36)44-32)34-10-8-20(14-34)18-4-2-6-22(38)12-18/h1-6,11-12,19-20,23-32,35-42H,7-10,13-16H2/t19?,20?,23-,24-,25+,26+,27+,28+,29-,30-,31+,32+/m1/s1. The Bertz CT molecular complexity index is 1200. The van der Waals surface area contributed by atoms with Gasteiger partial charge in [-0.3, -0.25) is 9.80 Å². The fourth-order valence-electron chi connectivity index (χ4n) is 7.57. The minimum absolute atomic E-state index is 0.0817. The van der Waals surface area contributed by atoms with Crippen LogP contribution in [-0.4, -0.2) is 150 Å². The molecule has 0 amide bonds. The maximum absolute atomic E-state index is 11.6. The lowest BCUT2D eigenvalue weighted by molar-refractivity contribution is -0.196. The lowest BCUT2D eigenvalue weighted by Gasteiger charge is -2.49. The minimum Gasteiger partial charge on any atom is -0.508 e. The summed E-state index contributed by atoms with van der Waals surface area (Å²) in [6.07, 6.45) is -5.27. The number of likely N-dealkylation sites (tertiary alicyclic amines) is 2. The number of aromatic hydroxyl groups is 2. The van der Waals surface area contributed by atoms with Crippen molar-refractivity contribution in [1.82, 2.24) is 9.80 Å². The van der Waals surface area contributed by atoms with Crippen LogP contribution in [0.25, 0.3) is 0 Å². The van der Waals surface area contributed by atoms with Gasteiger partial charge in [-0.1, -0.05) is 36.0 Å². The van der Waals surface area contributed by atoms with Crippen LogP contribution in [0.3, 0.4) is 0 Å². The van der Waals surface area contributed by atoms with E-state index in [-0.39, 0.29) is 23.3 Å². The fraction of sp³-hybridized carbons (Fsp3) is 0.625. The number of hydrogen-bond donors (Lipinski definition) is 8. The molecule has 4 heterocycles. The molecule has 0 aromatic heterocycles. The molecule has 8 N–H and O–H groups in total. The second-order valence-corrected chi connectivity index (χ2v) is 13.9. The van der Waals surface area contributed by atoms with Crippen molar-refractivity contribution in [3.8, 4) is 11.5 Å². The van der Waals surface area contributed by atoms with Gasteiger partial charge in [0.1, 0.15) is 59.0 Å². The SMILES string of the molecule is OC[C@H]1O[C@@H](S[C@@H]2O[C@H](CO)[C@H](O)[C@H](N3CCC(c4cccc(O)c4)C3)[C@H]2O)[C@H](O)[C@@H](N2CCC(c3cccc(O)c3)C2)[C@H]1O. The molecule has 6 rings (SSSR count). The largest absolute Gasteiger partial charge is 0.508 e. The summed E-state index contributed by atoms with van der Waals surface area (Å²) in [7, 11) is 0. The fourth-order valence-corrected chi connectivity index (χ4v) is 8.90. The maximum Gasteiger partial charge on any atom is 0.133 e. The minimum atomic E-state index is -1.22. The molecule has 4 aliphatic rings. The molecule has 13 heteroatoms. The number of phenols is 2. The van der Waals surface area contributed by atoms with Crippen LogP contribution in [-0.2, 0) is 9.47 Å². The van der Waals surface area contributed by atoms with Gasteiger partial charge in [0.05, 0.1) is 25.3 Å². The first-order valence-corrected chi connectivity index (χ1v) is 16.6. The molecule has 0 saturated carbocycles. The Morgan fingerprint density at radius 3 is 1.44 bits per heavy atom. The first kappa shape index (κ1) is 32.9. The molecule has 248 valence electrons. The van der Waals surface area contributed by atoms with Gasteiger partial charge in [-0.2, -0.15) is 0 Å². The van der Waals surface area contributed by atoms with Crippen LogP contribution in [0.15, 0.2) is 48.5 Å². The zero-order valence-corrected chi connectivity index (χ0v) is 25.7. The van der Waals surface area contributed by atoms with Crippen molar-refractivity contribution < 1.29 is 50.3 Å². The van der Waals surface area contributed by atoms with Crippen molar-refractivity contribution in [3.63, 3.8) is 0 Å². The molecule has 45 heavy (non-hydrogen) atoms. The highest BCUT2D eigenvalue weighted by molar-refractivity contribution is 8.00. The van der Waals surface area contributed by atoms with Crippen LogP contribution < -0.4 is 0 Å². The van der Waals surface area contributed by atoms with Crippen molar-refractivity contribution in [2.24, 2.45) is 0 Å². The van der Waals surface area contributed by atoms with Crippen molar-refractivity contribution in [3.05, 3.63) is 59.7 Å². The molecular weight excluding hydrogens is 604 g/mol. The molecule has 0 radical (unpaired) electrons. The number of thioether (sulfide) groups is 1. The van der Waals surface area contributed by atoms with Gasteiger partial charge in [-0.15, -0.1) is 0 Å². The Hall–Kier alpha value is -2.01. The first-order chi connectivity index (χ1) is 21.7. The summed E-state index contributed by atoms with van der Waals surface area (Å²) in [4.78, 5) is 3.96. The molecule has 12 atom stereocenters. The molecule has 2 aromatic carbocycles. The summed E-state index contributed by atoms with van der Waals surface area (Å²) in [5, 5.41) is 85.6. The van der Waals surface area contributed by atoms with Crippen LogP contribution in [0.5, 0.6) is 11.5 Å². The van der Waals surface area contributed by atoms with Crippen LogP contribution in [0.4, 0.5) is 0 Å². The average molecular weight is 649 g/mol. The van der Waals surface area contributed by atoms with Gasteiger partial charge in [-0.25, -0.2) is 0 Å². The Balaban J connectivity index is 1.17. The highest BCUT2D eigenvalue weighted by Crippen LogP contribution is 2.42. The third-order valence-corrected chi connectivity index (χ3v) is 11.2. The summed E-state index contributed by atoms with van der Waals surface area (Å²) in [6, 6.07) is 12.6. The predicted octanol–water partition coefficient (Wildman–Crippen LogP) is -0.275. The molecule has 4 aliphatic heterocycles. The van der Waals surface area contributed by atoms with E-state index in [0.717, 1.165) is 35.7 Å². The number of phenolic OH excluding ortho intramolecular Hbond substituents is 2. The highest BCUT2D eigenvalue weighted by Gasteiger charge is 2.53. The monoisotopic (exact) mass is 648 g/mol. The van der Waals surface area contributed by atoms with E-state index in [9.17, 15) is 40.9 Å². The summed E-state index contributed by atoms with van der Waals surface area (Å²) >= 11 is 1.02. The van der Waals surface area contributed by atoms with Gasteiger partial charge in [-0.05, 0) is 73.2 Å². The van der Waals surface area contributed by atoms with E-state index in [0.29, 0.717) is 26.2 Å². The molecule has 0 aliphatic carbocycles. The van der Waals surface area contributed by atoms with Gasteiger partial charge in [0.15, 0.2) is 0 Å². The van der Waals surface area contributed by atoms with Crippen LogP contribution in [0.1, 0.15) is 35.8 Å². The molecule has 0 spiro atoms. The van der Waals surface area contributed by atoms with Crippen molar-refractivity contribution in [1.29, 1.82) is 0 Å². The van der Waals surface area contributed by atoms with Gasteiger partial charge in [0.2, 0.25) is 0 Å². The van der Waals surface area contributed by atoms with Gasteiger partial charge < -0.3 is 50.3 Å². The molecule has 4 saturated heterocycles. The number of aliphatic hydroxyl groups is 6. The Morgan fingerprint density at radius 2 is 1.07 bits per heavy atom. The second kappa shape index (κ2) is 14.0. The van der Waals surface area contributed by atoms with Crippen LogP contribution in [0.2, 0.25) is 0 Å². The number of benzene rings is 2. The maximum atomic E-state index is 11.6. The quantitative estimate of drug-likeness (QED) is 0.187. The zero-order chi connectivity index (χ0) is 31.8. The molecule has 2 aromatic rings. The van der Waals surface area contributed by atoms with E-state index in [4.69, 9.17) is 9.47 Å². The molecular formula is C32H44N2O10S. The molecule has 0 bridgehead atoms. The van der Waals surface area contributed by atoms with Gasteiger partial charge in [0, 0.05) is 13.1 Å². The smallest absolute Gasteiger partial charge is 0.133 e. The zero-order valence-electron chi connectivity index (χ0n) is 24.9. The lowest BCUT2D eigenvalue weighted by atomic mass is 9.95. The molecule has 12 nitrogen and oxygen atoms in total. The van der Waals surface area contributed by atoms with Crippen LogP contribution in [0, 0.1) is 0 Å². The van der Waals surface area contributed by atoms with Gasteiger partial charge >= 0.3 is 0 Å². The van der Waals surface area contributed by atoms with Crippen LogP contribution >= 0.6 is 11.8 Å². The number of nitrogens with zero attached hydrogens (tertiary/aromatic N) is 2. The Kier molecular flexibility index (Phi) is 10.2. The summed E-state index contributed by atoms with van der Waals surface area (Å²) < 4.78 is 11.9. The van der Waals surface area contributed by atoms with E-state index < -0.39 is 72.8 Å². The summed E-state index contributed by atoms with van der Waals surface area (Å²) in [5.41, 5.74) is -0.0673. The molecule has 2 unspecified atom stereocenters. The number of rotatable bonds is 8. The third kappa shape index (κ3) is 6.72. The Morgan fingerprint density at radius 1 is 0.644 bits per heavy atom. The predicted molar refractivity (Wildman–Crippen MR) is 165 cm³/mol. The Labute approximate surface area is 266 Å². The number of ether oxygens (including phenoxy) is 2. The van der Waals surface area contributed by atoms with Crippen molar-refractivity contribution in [2.45, 2.75) is 84.3 Å². The van der Waals surface area contributed by atoms with E-state index >= 15 is 0 Å². The summed E-state index contributed by atoms with van der Waals surface area (Å²) in [5.74, 6) is 0.512. The number of hydrogen-bond acceptors (Lipinski definition) is 13. The van der Waals surface area contributed by atoms with Crippen molar-refractivity contribution >= 4 is 11.8 Å². The molecule has 4 fully saturated rings. The first-order valence-electron chi connectivity index (χ1n) is 15.6. The second-order valence-electron chi connectivity index (χ2n) is 12.7. The summed E-state index contributed by atoms with van der Waals surface area (Å²) in [6.45, 7) is 1.24. The van der Waals surface area contributed by atoms with E-state index in [1.807, 2.05) is 21.9 Å². The lowest BCUT2D eigenvalue weighted by Crippen LogP contribution is -2.66. The highest BCUT2D eigenvalue weighted by atomic mass is 32.2. The topological polar surface area (TPSA) is 187 Å².